The van der Waals surface area contributed by atoms with E-state index in [0.717, 1.165) is 54.4 Å². The maximum atomic E-state index is 12.2. The number of carbonyl (C=O) groups is 1. The minimum atomic E-state index is -0.291. The number of hydrogen-bond donors (Lipinski definition) is 5. The lowest BCUT2D eigenvalue weighted by Gasteiger charge is -2.31. The van der Waals surface area contributed by atoms with Crippen molar-refractivity contribution in [3.63, 3.8) is 0 Å². The van der Waals surface area contributed by atoms with Crippen molar-refractivity contribution in [2.45, 2.75) is 0 Å². The molecule has 10 heteroatoms. The number of amides is 1. The van der Waals surface area contributed by atoms with E-state index in [1.807, 2.05) is 43.4 Å². The SMILES string of the molecule is C=CC(=O)Nc1cc(Nc2cc(-c3ccc(C=N)c(NC)c3)ncn2)c(OC)cc1N1CCNCC1. The van der Waals surface area contributed by atoms with Crippen molar-refractivity contribution in [2.75, 3.05) is 61.2 Å². The second kappa shape index (κ2) is 11.3. The molecule has 1 aliphatic rings. The molecule has 1 amide bonds. The molecule has 0 bridgehead atoms. The van der Waals surface area contributed by atoms with Gasteiger partial charge in [-0.2, -0.15) is 0 Å². The summed E-state index contributed by atoms with van der Waals surface area (Å²) in [5.74, 6) is 0.894. The van der Waals surface area contributed by atoms with Crippen molar-refractivity contribution < 1.29 is 9.53 Å². The molecule has 0 aliphatic carbocycles. The third-order valence-electron chi connectivity index (χ3n) is 5.92. The Hall–Kier alpha value is -4.44. The number of anilines is 5. The van der Waals surface area contributed by atoms with E-state index < -0.39 is 0 Å². The van der Waals surface area contributed by atoms with Gasteiger partial charge in [0.15, 0.2) is 0 Å². The molecule has 186 valence electrons. The van der Waals surface area contributed by atoms with Gasteiger partial charge < -0.3 is 36.3 Å². The van der Waals surface area contributed by atoms with Crippen LogP contribution in [0.5, 0.6) is 5.75 Å². The topological polar surface area (TPSA) is 127 Å². The predicted molar refractivity (Wildman–Crippen MR) is 145 cm³/mol. The number of piperazine rings is 1. The molecule has 0 spiro atoms. The van der Waals surface area contributed by atoms with Gasteiger partial charge in [0.2, 0.25) is 5.91 Å². The molecule has 2 heterocycles. The quantitative estimate of drug-likeness (QED) is 0.230. The second-order valence-corrected chi connectivity index (χ2v) is 8.11. The van der Waals surface area contributed by atoms with E-state index in [9.17, 15) is 4.79 Å². The van der Waals surface area contributed by atoms with E-state index in [0.29, 0.717) is 22.9 Å². The van der Waals surface area contributed by atoms with Crippen molar-refractivity contribution >= 4 is 40.7 Å². The zero-order valence-corrected chi connectivity index (χ0v) is 20.4. The summed E-state index contributed by atoms with van der Waals surface area (Å²) in [7, 11) is 3.43. The number of nitrogens with one attached hydrogen (secondary N) is 5. The zero-order chi connectivity index (χ0) is 25.5. The molecular formula is C26H30N8O2. The van der Waals surface area contributed by atoms with Gasteiger partial charge in [0.05, 0.1) is 29.9 Å². The normalized spacial score (nSPS) is 13.0. The second-order valence-electron chi connectivity index (χ2n) is 8.11. The number of ether oxygens (including phenoxy) is 1. The molecule has 1 saturated heterocycles. The molecule has 10 nitrogen and oxygen atoms in total. The monoisotopic (exact) mass is 486 g/mol. The molecule has 1 aliphatic heterocycles. The van der Waals surface area contributed by atoms with Gasteiger partial charge in [0.1, 0.15) is 17.9 Å². The van der Waals surface area contributed by atoms with Gasteiger partial charge in [-0.1, -0.05) is 18.7 Å². The largest absolute Gasteiger partial charge is 0.494 e. The predicted octanol–water partition coefficient (Wildman–Crippen LogP) is 3.47. The van der Waals surface area contributed by atoms with Gasteiger partial charge in [-0.05, 0) is 18.2 Å². The van der Waals surface area contributed by atoms with Crippen molar-refractivity contribution in [3.05, 3.63) is 60.9 Å². The number of hydrogen-bond acceptors (Lipinski definition) is 9. The molecule has 0 unspecified atom stereocenters. The fourth-order valence-corrected chi connectivity index (χ4v) is 4.07. The molecule has 1 fully saturated rings. The van der Waals surface area contributed by atoms with Crippen LogP contribution in [0.4, 0.5) is 28.6 Å². The van der Waals surface area contributed by atoms with Crippen LogP contribution in [0.1, 0.15) is 5.56 Å². The summed E-state index contributed by atoms with van der Waals surface area (Å²) in [5, 5.41) is 20.2. The fourth-order valence-electron chi connectivity index (χ4n) is 4.07. The standard InChI is InChI=1S/C26H30N8O2/c1-4-26(35)33-21-12-22(24(36-3)14-23(21)34-9-7-29-8-10-34)32-25-13-20(30-16-31-25)17-5-6-18(15-27)19(11-17)28-2/h4-6,11-16,27-29H,1,7-10H2,2-3H3,(H,33,35)(H,30,31,32). The number of nitrogens with zero attached hydrogens (tertiary/aromatic N) is 3. The third-order valence-corrected chi connectivity index (χ3v) is 5.92. The summed E-state index contributed by atoms with van der Waals surface area (Å²) in [5.41, 5.74) is 5.41. The molecule has 3 aromatic rings. The van der Waals surface area contributed by atoms with Gasteiger partial charge in [-0.3, -0.25) is 4.79 Å². The van der Waals surface area contributed by atoms with E-state index in [2.05, 4.69) is 42.7 Å². The zero-order valence-electron chi connectivity index (χ0n) is 20.4. The molecular weight excluding hydrogens is 456 g/mol. The van der Waals surface area contributed by atoms with Gasteiger partial charge >= 0.3 is 0 Å². The summed E-state index contributed by atoms with van der Waals surface area (Å²) in [4.78, 5) is 23.2. The van der Waals surface area contributed by atoms with E-state index in [4.69, 9.17) is 10.1 Å². The van der Waals surface area contributed by atoms with Gasteiger partial charge in [-0.25, -0.2) is 9.97 Å². The third kappa shape index (κ3) is 5.44. The maximum absolute atomic E-state index is 12.2. The highest BCUT2D eigenvalue weighted by atomic mass is 16.5. The van der Waals surface area contributed by atoms with Gasteiger partial charge in [-0.15, -0.1) is 0 Å². The molecule has 0 radical (unpaired) electrons. The lowest BCUT2D eigenvalue weighted by molar-refractivity contribution is -0.111. The van der Waals surface area contributed by atoms with Crippen LogP contribution in [0.25, 0.3) is 11.3 Å². The van der Waals surface area contributed by atoms with Gasteiger partial charge in [0.25, 0.3) is 0 Å². The first-order valence-electron chi connectivity index (χ1n) is 11.6. The van der Waals surface area contributed by atoms with Crippen LogP contribution < -0.4 is 30.9 Å². The Balaban J connectivity index is 1.69. The summed E-state index contributed by atoms with van der Waals surface area (Å²) >= 11 is 0. The van der Waals surface area contributed by atoms with Crippen LogP contribution >= 0.6 is 0 Å². The van der Waals surface area contributed by atoms with Crippen molar-refractivity contribution in [1.29, 1.82) is 5.41 Å². The molecule has 0 atom stereocenters. The van der Waals surface area contributed by atoms with Crippen LogP contribution in [0.3, 0.4) is 0 Å². The lowest BCUT2D eigenvalue weighted by atomic mass is 10.1. The van der Waals surface area contributed by atoms with Crippen LogP contribution in [0, 0.1) is 5.41 Å². The Kier molecular flexibility index (Phi) is 7.76. The Morgan fingerprint density at radius 3 is 2.64 bits per heavy atom. The van der Waals surface area contributed by atoms with E-state index in [1.54, 1.807) is 7.11 Å². The van der Waals surface area contributed by atoms with E-state index in [1.165, 1.54) is 18.6 Å². The van der Waals surface area contributed by atoms with Crippen LogP contribution in [0.15, 0.2) is 55.4 Å². The van der Waals surface area contributed by atoms with Crippen LogP contribution in [0.2, 0.25) is 0 Å². The Labute approximate surface area is 210 Å². The molecule has 2 aromatic carbocycles. The summed E-state index contributed by atoms with van der Waals surface area (Å²) < 4.78 is 5.70. The summed E-state index contributed by atoms with van der Waals surface area (Å²) in [6.45, 7) is 6.92. The fraction of sp³-hybridized carbons (Fsp3) is 0.231. The summed E-state index contributed by atoms with van der Waals surface area (Å²) in [6, 6.07) is 11.3. The molecule has 0 saturated carbocycles. The number of rotatable bonds is 9. The smallest absolute Gasteiger partial charge is 0.247 e. The van der Waals surface area contributed by atoms with Crippen molar-refractivity contribution in [3.8, 4) is 17.0 Å². The minimum absolute atomic E-state index is 0.291. The first-order valence-corrected chi connectivity index (χ1v) is 11.6. The number of benzene rings is 2. The first kappa shape index (κ1) is 24.7. The average molecular weight is 487 g/mol. The Morgan fingerprint density at radius 1 is 1.14 bits per heavy atom. The molecule has 36 heavy (non-hydrogen) atoms. The molecule has 5 N–H and O–H groups in total. The summed E-state index contributed by atoms with van der Waals surface area (Å²) in [6.07, 6.45) is 4.05. The number of aromatic nitrogens is 2. The number of methoxy groups -OCH3 is 1. The maximum Gasteiger partial charge on any atom is 0.247 e. The molecule has 4 rings (SSSR count). The van der Waals surface area contributed by atoms with Crippen LogP contribution in [-0.2, 0) is 4.79 Å². The highest BCUT2D eigenvalue weighted by molar-refractivity contribution is 6.02. The Bertz CT molecular complexity index is 1270. The highest BCUT2D eigenvalue weighted by Gasteiger charge is 2.19. The van der Waals surface area contributed by atoms with Crippen LogP contribution in [-0.4, -0.2) is 62.4 Å². The van der Waals surface area contributed by atoms with Gasteiger partial charge in [0, 0.05) is 68.4 Å². The average Bonchev–Trinajstić information content (AvgIpc) is 2.93. The van der Waals surface area contributed by atoms with E-state index >= 15 is 0 Å². The molecule has 1 aromatic heterocycles. The Morgan fingerprint density at radius 2 is 1.94 bits per heavy atom. The van der Waals surface area contributed by atoms with E-state index in [-0.39, 0.29) is 5.91 Å². The van der Waals surface area contributed by atoms with Crippen molar-refractivity contribution in [1.82, 2.24) is 15.3 Å². The van der Waals surface area contributed by atoms with Crippen molar-refractivity contribution in [2.24, 2.45) is 0 Å². The highest BCUT2D eigenvalue weighted by Crippen LogP contribution is 2.39. The first-order chi connectivity index (χ1) is 17.6. The lowest BCUT2D eigenvalue weighted by Crippen LogP contribution is -2.43. The number of carbonyl (C=O) groups excluding carboxylic acids is 1. The minimum Gasteiger partial charge on any atom is -0.494 e.